The zero-order valence-corrected chi connectivity index (χ0v) is 6.73. The van der Waals surface area contributed by atoms with E-state index in [1.165, 1.54) is 12.8 Å². The zero-order valence-electron chi connectivity index (χ0n) is 5.92. The molecule has 3 heteroatoms. The fraction of sp³-hybridized carbons (Fsp3) is 1.00. The van der Waals surface area contributed by atoms with E-state index in [0.29, 0.717) is 6.04 Å². The molecule has 0 amide bonds. The smallest absolute Gasteiger partial charge is 0.0696 e. The minimum Gasteiger partial charge on any atom is -0.391 e. The molecule has 1 aliphatic carbocycles. The molecule has 1 saturated carbocycles. The maximum Gasteiger partial charge on any atom is 0.0696 e. The van der Waals surface area contributed by atoms with Crippen LogP contribution in [0.3, 0.4) is 0 Å². The Hall–Kier alpha value is 0.210. The topological polar surface area (TPSA) is 32.3 Å². The number of halogens is 1. The van der Waals surface area contributed by atoms with E-state index in [0.717, 1.165) is 18.9 Å². The molecule has 10 heavy (non-hydrogen) atoms. The van der Waals surface area contributed by atoms with Gasteiger partial charge in [0.05, 0.1) is 6.10 Å². The summed E-state index contributed by atoms with van der Waals surface area (Å²) in [6.07, 6.45) is 3.49. The molecule has 0 aromatic heterocycles. The Morgan fingerprint density at radius 2 is 2.00 bits per heavy atom. The van der Waals surface area contributed by atoms with Gasteiger partial charge >= 0.3 is 0 Å². The van der Waals surface area contributed by atoms with E-state index in [2.05, 4.69) is 5.32 Å². The highest BCUT2D eigenvalue weighted by atomic mass is 35.5. The molecule has 2 nitrogen and oxygen atoms in total. The van der Waals surface area contributed by atoms with E-state index < -0.39 is 0 Å². The van der Waals surface area contributed by atoms with Gasteiger partial charge < -0.3 is 10.4 Å². The summed E-state index contributed by atoms with van der Waals surface area (Å²) >= 11 is 0. The van der Waals surface area contributed by atoms with E-state index in [4.69, 9.17) is 0 Å². The Morgan fingerprint density at radius 1 is 1.20 bits per heavy atom. The summed E-state index contributed by atoms with van der Waals surface area (Å²) in [6.45, 7) is 1.12. The van der Waals surface area contributed by atoms with Crippen molar-refractivity contribution in [1.82, 2.24) is 5.32 Å². The van der Waals surface area contributed by atoms with Crippen LogP contribution in [0.4, 0.5) is 0 Å². The highest BCUT2D eigenvalue weighted by Crippen LogP contribution is 2.31. The monoisotopic (exact) mass is 163 g/mol. The van der Waals surface area contributed by atoms with E-state index in [1.807, 2.05) is 0 Å². The second-order valence-electron chi connectivity index (χ2n) is 3.17. The van der Waals surface area contributed by atoms with Gasteiger partial charge in [-0.2, -0.15) is 0 Å². The molecule has 3 atom stereocenters. The number of fused-ring (bicyclic) bond motifs is 1. The maximum absolute atomic E-state index is 9.34. The number of rotatable bonds is 0. The Morgan fingerprint density at radius 3 is 2.70 bits per heavy atom. The summed E-state index contributed by atoms with van der Waals surface area (Å²) in [5, 5.41) is 12.7. The highest BCUT2D eigenvalue weighted by molar-refractivity contribution is 5.85. The Kier molecular flexibility index (Phi) is 2.55. The van der Waals surface area contributed by atoms with Crippen LogP contribution in [0, 0.1) is 5.92 Å². The SMILES string of the molecule is Cl.OC1CCC2CCNC12. The molecule has 1 saturated heterocycles. The third-order valence-corrected chi connectivity index (χ3v) is 2.65. The number of aliphatic hydroxyl groups excluding tert-OH is 1. The van der Waals surface area contributed by atoms with Crippen LogP contribution in [0.5, 0.6) is 0 Å². The van der Waals surface area contributed by atoms with Crippen molar-refractivity contribution in [2.75, 3.05) is 6.54 Å². The number of nitrogens with one attached hydrogen (secondary N) is 1. The van der Waals surface area contributed by atoms with E-state index >= 15 is 0 Å². The fourth-order valence-corrected chi connectivity index (χ4v) is 2.12. The summed E-state index contributed by atoms with van der Waals surface area (Å²) < 4.78 is 0. The van der Waals surface area contributed by atoms with Crippen LogP contribution in [-0.2, 0) is 0 Å². The van der Waals surface area contributed by atoms with Gasteiger partial charge in [-0.1, -0.05) is 0 Å². The molecule has 0 aromatic carbocycles. The van der Waals surface area contributed by atoms with Gasteiger partial charge in [0, 0.05) is 6.04 Å². The highest BCUT2D eigenvalue weighted by Gasteiger charge is 2.37. The van der Waals surface area contributed by atoms with Gasteiger partial charge in [0.15, 0.2) is 0 Å². The minimum absolute atomic E-state index is 0. The summed E-state index contributed by atoms with van der Waals surface area (Å²) in [5.74, 6) is 0.792. The van der Waals surface area contributed by atoms with Crippen LogP contribution in [0.1, 0.15) is 19.3 Å². The van der Waals surface area contributed by atoms with Gasteiger partial charge in [0.2, 0.25) is 0 Å². The van der Waals surface area contributed by atoms with Crippen LogP contribution in [0.15, 0.2) is 0 Å². The van der Waals surface area contributed by atoms with Crippen molar-refractivity contribution in [3.63, 3.8) is 0 Å². The van der Waals surface area contributed by atoms with Crippen LogP contribution >= 0.6 is 12.4 Å². The largest absolute Gasteiger partial charge is 0.391 e. The van der Waals surface area contributed by atoms with Crippen molar-refractivity contribution < 1.29 is 5.11 Å². The number of hydrogen-bond acceptors (Lipinski definition) is 2. The van der Waals surface area contributed by atoms with Gasteiger partial charge in [0.25, 0.3) is 0 Å². The van der Waals surface area contributed by atoms with Gasteiger partial charge in [0.1, 0.15) is 0 Å². The van der Waals surface area contributed by atoms with Crippen LogP contribution in [0.2, 0.25) is 0 Å². The van der Waals surface area contributed by atoms with E-state index in [1.54, 1.807) is 0 Å². The molecular weight excluding hydrogens is 150 g/mol. The lowest BCUT2D eigenvalue weighted by Crippen LogP contribution is -2.33. The molecule has 2 rings (SSSR count). The van der Waals surface area contributed by atoms with Gasteiger partial charge in [-0.15, -0.1) is 12.4 Å². The summed E-state index contributed by atoms with van der Waals surface area (Å²) in [4.78, 5) is 0. The van der Waals surface area contributed by atoms with E-state index in [9.17, 15) is 5.11 Å². The molecular formula is C7H14ClNO. The average molecular weight is 164 g/mol. The number of aliphatic hydroxyl groups is 1. The molecule has 2 fully saturated rings. The molecule has 60 valence electrons. The quantitative estimate of drug-likeness (QED) is 0.547. The van der Waals surface area contributed by atoms with Crippen molar-refractivity contribution in [3.8, 4) is 0 Å². The first-order chi connectivity index (χ1) is 4.38. The summed E-state index contributed by atoms with van der Waals surface area (Å²) in [5.41, 5.74) is 0. The lowest BCUT2D eigenvalue weighted by atomic mass is 10.0. The Labute approximate surface area is 67.4 Å². The zero-order chi connectivity index (χ0) is 6.27. The standard InChI is InChI=1S/C7H13NO.ClH/c9-6-2-1-5-3-4-8-7(5)6;/h5-9H,1-4H2;1H. The van der Waals surface area contributed by atoms with Crippen molar-refractivity contribution >= 4 is 12.4 Å². The number of hydrogen-bond donors (Lipinski definition) is 2. The normalized spacial score (nSPS) is 44.7. The third kappa shape index (κ3) is 1.16. The first-order valence-corrected chi connectivity index (χ1v) is 3.79. The summed E-state index contributed by atoms with van der Waals surface area (Å²) in [6, 6.07) is 0.449. The van der Waals surface area contributed by atoms with E-state index in [-0.39, 0.29) is 18.5 Å². The molecule has 1 heterocycles. The third-order valence-electron chi connectivity index (χ3n) is 2.65. The Bertz CT molecular complexity index is 120. The molecule has 2 aliphatic rings. The average Bonchev–Trinajstić information content (AvgIpc) is 2.35. The van der Waals surface area contributed by atoms with Crippen molar-refractivity contribution in [2.24, 2.45) is 5.92 Å². The van der Waals surface area contributed by atoms with Gasteiger partial charge in [-0.3, -0.25) is 0 Å². The fourth-order valence-electron chi connectivity index (χ4n) is 2.12. The second-order valence-corrected chi connectivity index (χ2v) is 3.17. The lowest BCUT2D eigenvalue weighted by molar-refractivity contribution is 0.151. The molecule has 3 unspecified atom stereocenters. The molecule has 0 radical (unpaired) electrons. The van der Waals surface area contributed by atoms with Crippen LogP contribution in [0.25, 0.3) is 0 Å². The first kappa shape index (κ1) is 8.31. The molecule has 2 N–H and O–H groups in total. The molecule has 0 spiro atoms. The van der Waals surface area contributed by atoms with Crippen molar-refractivity contribution in [1.29, 1.82) is 0 Å². The lowest BCUT2D eigenvalue weighted by Gasteiger charge is -2.11. The second kappa shape index (κ2) is 3.07. The molecule has 0 bridgehead atoms. The maximum atomic E-state index is 9.34. The van der Waals surface area contributed by atoms with Gasteiger partial charge in [-0.05, 0) is 31.7 Å². The van der Waals surface area contributed by atoms with Gasteiger partial charge in [-0.25, -0.2) is 0 Å². The van der Waals surface area contributed by atoms with Crippen LogP contribution < -0.4 is 5.32 Å². The minimum atomic E-state index is -0.0440. The van der Waals surface area contributed by atoms with Crippen molar-refractivity contribution in [2.45, 2.75) is 31.4 Å². The molecule has 1 aliphatic heterocycles. The van der Waals surface area contributed by atoms with Crippen LogP contribution in [-0.4, -0.2) is 23.8 Å². The Balaban J connectivity index is 0.000000500. The van der Waals surface area contributed by atoms with Crippen molar-refractivity contribution in [3.05, 3.63) is 0 Å². The first-order valence-electron chi connectivity index (χ1n) is 3.79. The predicted molar refractivity (Wildman–Crippen MR) is 42.4 cm³/mol. The summed E-state index contributed by atoms with van der Waals surface area (Å²) in [7, 11) is 0. The predicted octanol–water partition coefficient (Wildman–Crippen LogP) is 0.541. The molecule has 0 aromatic rings.